The van der Waals surface area contributed by atoms with E-state index < -0.39 is 5.60 Å². The SMILES string of the molecule is COc1cc2c(c3c1c(=O)c1ccccc1n3C)CC(N)C(C)(C)O2. The summed E-state index contributed by atoms with van der Waals surface area (Å²) < 4.78 is 13.8. The van der Waals surface area contributed by atoms with Gasteiger partial charge in [0.05, 0.1) is 23.5 Å². The molecule has 5 nitrogen and oxygen atoms in total. The van der Waals surface area contributed by atoms with E-state index in [4.69, 9.17) is 15.2 Å². The molecule has 130 valence electrons. The van der Waals surface area contributed by atoms with E-state index in [1.807, 2.05) is 55.8 Å². The number of benzene rings is 2. The first-order valence-corrected chi connectivity index (χ1v) is 8.41. The van der Waals surface area contributed by atoms with Gasteiger partial charge in [0, 0.05) is 30.1 Å². The molecule has 1 aliphatic heterocycles. The number of ether oxygens (including phenoxy) is 2. The van der Waals surface area contributed by atoms with Gasteiger partial charge in [0.15, 0.2) is 0 Å². The van der Waals surface area contributed by atoms with Crippen LogP contribution in [0.3, 0.4) is 0 Å². The van der Waals surface area contributed by atoms with Crippen LogP contribution in [0.15, 0.2) is 35.1 Å². The normalized spacial score (nSPS) is 18.8. The van der Waals surface area contributed by atoms with Crippen LogP contribution in [-0.4, -0.2) is 23.3 Å². The molecule has 0 bridgehead atoms. The molecule has 0 saturated carbocycles. The molecule has 0 radical (unpaired) electrons. The molecule has 0 spiro atoms. The molecule has 1 aliphatic rings. The average molecular weight is 338 g/mol. The lowest BCUT2D eigenvalue weighted by Crippen LogP contribution is -2.51. The number of hydrogen-bond acceptors (Lipinski definition) is 4. The lowest BCUT2D eigenvalue weighted by Gasteiger charge is -2.38. The van der Waals surface area contributed by atoms with Gasteiger partial charge in [-0.2, -0.15) is 0 Å². The lowest BCUT2D eigenvalue weighted by atomic mass is 9.87. The summed E-state index contributed by atoms with van der Waals surface area (Å²) in [5.41, 5.74) is 8.54. The summed E-state index contributed by atoms with van der Waals surface area (Å²) in [7, 11) is 3.55. The summed E-state index contributed by atoms with van der Waals surface area (Å²) in [4.78, 5) is 13.1. The smallest absolute Gasteiger partial charge is 0.200 e. The van der Waals surface area contributed by atoms with Gasteiger partial charge in [0.25, 0.3) is 0 Å². The Balaban J connectivity index is 2.21. The van der Waals surface area contributed by atoms with E-state index in [1.54, 1.807) is 7.11 Å². The van der Waals surface area contributed by atoms with Crippen LogP contribution in [0.1, 0.15) is 19.4 Å². The highest BCUT2D eigenvalue weighted by molar-refractivity contribution is 5.99. The van der Waals surface area contributed by atoms with Crippen molar-refractivity contribution in [2.75, 3.05) is 7.11 Å². The fraction of sp³-hybridized carbons (Fsp3) is 0.350. The van der Waals surface area contributed by atoms with E-state index in [0.29, 0.717) is 22.9 Å². The highest BCUT2D eigenvalue weighted by Crippen LogP contribution is 2.41. The van der Waals surface area contributed by atoms with Crippen molar-refractivity contribution in [3.05, 3.63) is 46.1 Å². The number of nitrogens with zero attached hydrogens (tertiary/aromatic N) is 1. The third kappa shape index (κ3) is 2.15. The Morgan fingerprint density at radius 3 is 2.76 bits per heavy atom. The van der Waals surface area contributed by atoms with Gasteiger partial charge in [-0.25, -0.2) is 0 Å². The van der Waals surface area contributed by atoms with Crippen molar-refractivity contribution in [2.24, 2.45) is 12.8 Å². The van der Waals surface area contributed by atoms with Crippen molar-refractivity contribution >= 4 is 21.8 Å². The van der Waals surface area contributed by atoms with Crippen molar-refractivity contribution in [1.29, 1.82) is 0 Å². The fourth-order valence-corrected chi connectivity index (χ4v) is 3.74. The predicted molar refractivity (Wildman–Crippen MR) is 99.6 cm³/mol. The number of fused-ring (bicyclic) bond motifs is 4. The monoisotopic (exact) mass is 338 g/mol. The number of aromatic nitrogens is 1. The second-order valence-electron chi connectivity index (χ2n) is 7.20. The number of aryl methyl sites for hydroxylation is 1. The minimum absolute atomic E-state index is 0.0262. The van der Waals surface area contributed by atoms with Gasteiger partial charge in [0.1, 0.15) is 17.1 Å². The fourth-order valence-electron chi connectivity index (χ4n) is 3.74. The van der Waals surface area contributed by atoms with Crippen molar-refractivity contribution in [1.82, 2.24) is 4.57 Å². The first kappa shape index (κ1) is 16.0. The Bertz CT molecular complexity index is 1070. The first-order valence-electron chi connectivity index (χ1n) is 8.41. The van der Waals surface area contributed by atoms with Gasteiger partial charge < -0.3 is 19.8 Å². The van der Waals surface area contributed by atoms with Crippen LogP contribution in [0.5, 0.6) is 11.5 Å². The zero-order valence-electron chi connectivity index (χ0n) is 14.9. The molecule has 1 unspecified atom stereocenters. The average Bonchev–Trinajstić information content (AvgIpc) is 2.59. The molecule has 0 aliphatic carbocycles. The minimum atomic E-state index is -0.471. The molecule has 5 heteroatoms. The number of rotatable bonds is 1. The summed E-state index contributed by atoms with van der Waals surface area (Å²) in [6.07, 6.45) is 0.647. The molecule has 1 aromatic heterocycles. The molecular weight excluding hydrogens is 316 g/mol. The molecule has 2 heterocycles. The van der Waals surface area contributed by atoms with Gasteiger partial charge in [0.2, 0.25) is 5.43 Å². The van der Waals surface area contributed by atoms with Crippen LogP contribution in [-0.2, 0) is 13.5 Å². The summed E-state index contributed by atoms with van der Waals surface area (Å²) in [6.45, 7) is 3.97. The molecule has 2 N–H and O–H groups in total. The van der Waals surface area contributed by atoms with E-state index in [-0.39, 0.29) is 11.5 Å². The van der Waals surface area contributed by atoms with Crippen LogP contribution < -0.4 is 20.6 Å². The maximum atomic E-state index is 13.1. The lowest BCUT2D eigenvalue weighted by molar-refractivity contribution is 0.0642. The van der Waals surface area contributed by atoms with Gasteiger partial charge in [-0.15, -0.1) is 0 Å². The molecule has 0 saturated heterocycles. The zero-order valence-corrected chi connectivity index (χ0v) is 14.9. The summed E-state index contributed by atoms with van der Waals surface area (Å²) in [6, 6.07) is 9.28. The van der Waals surface area contributed by atoms with Crippen LogP contribution in [0.2, 0.25) is 0 Å². The highest BCUT2D eigenvalue weighted by Gasteiger charge is 2.36. The van der Waals surface area contributed by atoms with Crippen LogP contribution >= 0.6 is 0 Å². The number of hydrogen-bond donors (Lipinski definition) is 1. The minimum Gasteiger partial charge on any atom is -0.496 e. The Labute approximate surface area is 146 Å². The third-order valence-electron chi connectivity index (χ3n) is 5.31. The maximum Gasteiger partial charge on any atom is 0.200 e. The largest absolute Gasteiger partial charge is 0.496 e. The standard InChI is InChI=1S/C20H22N2O3/c1-20(2)16(21)9-12-14(25-20)10-15(24-4)17-18(12)22(3)13-8-6-5-7-11(13)19(17)23/h5-8,10,16H,9,21H2,1-4H3. The summed E-state index contributed by atoms with van der Waals surface area (Å²) in [5.74, 6) is 1.27. The third-order valence-corrected chi connectivity index (χ3v) is 5.31. The molecule has 0 fully saturated rings. The quantitative estimate of drug-likeness (QED) is 0.693. The number of para-hydroxylation sites is 1. The molecule has 1 atom stereocenters. The first-order chi connectivity index (χ1) is 11.8. The molecule has 4 rings (SSSR count). The van der Waals surface area contributed by atoms with Gasteiger partial charge in [-0.3, -0.25) is 4.79 Å². The van der Waals surface area contributed by atoms with Crippen LogP contribution in [0.4, 0.5) is 0 Å². The number of nitrogens with two attached hydrogens (primary N) is 1. The van der Waals surface area contributed by atoms with E-state index >= 15 is 0 Å². The van der Waals surface area contributed by atoms with Gasteiger partial charge in [-0.05, 0) is 32.4 Å². The Hall–Kier alpha value is -2.53. The van der Waals surface area contributed by atoms with Gasteiger partial charge >= 0.3 is 0 Å². The molecular formula is C20H22N2O3. The van der Waals surface area contributed by atoms with Crippen LogP contribution in [0, 0.1) is 0 Å². The van der Waals surface area contributed by atoms with E-state index in [0.717, 1.165) is 22.3 Å². The van der Waals surface area contributed by atoms with Gasteiger partial charge in [-0.1, -0.05) is 12.1 Å². The summed E-state index contributed by atoms with van der Waals surface area (Å²) >= 11 is 0. The Morgan fingerprint density at radius 2 is 2.04 bits per heavy atom. The molecule has 0 amide bonds. The molecule has 2 aromatic carbocycles. The van der Waals surface area contributed by atoms with Crippen molar-refractivity contribution in [3.8, 4) is 11.5 Å². The highest BCUT2D eigenvalue weighted by atomic mass is 16.5. The van der Waals surface area contributed by atoms with Crippen molar-refractivity contribution < 1.29 is 9.47 Å². The van der Waals surface area contributed by atoms with E-state index in [9.17, 15) is 4.79 Å². The second kappa shape index (κ2) is 5.23. The van der Waals surface area contributed by atoms with Crippen molar-refractivity contribution in [2.45, 2.75) is 31.9 Å². The van der Waals surface area contributed by atoms with E-state index in [1.165, 1.54) is 0 Å². The second-order valence-corrected chi connectivity index (χ2v) is 7.20. The zero-order chi connectivity index (χ0) is 17.9. The molecule has 25 heavy (non-hydrogen) atoms. The summed E-state index contributed by atoms with van der Waals surface area (Å²) in [5, 5.41) is 1.26. The Morgan fingerprint density at radius 1 is 1.32 bits per heavy atom. The van der Waals surface area contributed by atoms with Crippen LogP contribution in [0.25, 0.3) is 21.8 Å². The number of pyridine rings is 1. The number of methoxy groups -OCH3 is 1. The van der Waals surface area contributed by atoms with E-state index in [2.05, 4.69) is 0 Å². The maximum absolute atomic E-state index is 13.1. The Kier molecular flexibility index (Phi) is 3.34. The topological polar surface area (TPSA) is 66.5 Å². The van der Waals surface area contributed by atoms with Crippen molar-refractivity contribution in [3.63, 3.8) is 0 Å². The molecule has 3 aromatic rings. The predicted octanol–water partition coefficient (Wildman–Crippen LogP) is 2.74.